The quantitative estimate of drug-likeness (QED) is 0.889. The normalized spacial score (nSPS) is 24.8. The van der Waals surface area contributed by atoms with E-state index in [1.165, 1.54) is 0 Å². The Kier molecular flexibility index (Phi) is 2.56. The molecule has 0 saturated carbocycles. The first-order valence-corrected chi connectivity index (χ1v) is 7.25. The molecule has 7 heteroatoms. The zero-order valence-electron chi connectivity index (χ0n) is 10.0. The van der Waals surface area contributed by atoms with Crippen LogP contribution < -0.4 is 5.32 Å². The lowest BCUT2D eigenvalue weighted by atomic mass is 10.0. The van der Waals surface area contributed by atoms with Crippen molar-refractivity contribution in [1.82, 2.24) is 25.1 Å². The summed E-state index contributed by atoms with van der Waals surface area (Å²) < 4.78 is 7.54. The molecule has 2 aliphatic heterocycles. The summed E-state index contributed by atoms with van der Waals surface area (Å²) in [7, 11) is 0. The van der Waals surface area contributed by atoms with E-state index in [1.807, 2.05) is 4.52 Å². The molecule has 2 fully saturated rings. The van der Waals surface area contributed by atoms with Gasteiger partial charge in [0, 0.05) is 13.0 Å². The van der Waals surface area contributed by atoms with Crippen LogP contribution in [-0.2, 0) is 11.2 Å². The van der Waals surface area contributed by atoms with Gasteiger partial charge in [-0.15, -0.1) is 10.2 Å². The van der Waals surface area contributed by atoms with Crippen molar-refractivity contribution in [2.75, 3.05) is 19.7 Å². The molecular weight excluding hydrogens is 250 g/mol. The van der Waals surface area contributed by atoms with Gasteiger partial charge in [0.25, 0.3) is 0 Å². The van der Waals surface area contributed by atoms with E-state index in [9.17, 15) is 0 Å². The van der Waals surface area contributed by atoms with Crippen molar-refractivity contribution in [1.29, 1.82) is 0 Å². The Balaban J connectivity index is 1.63. The van der Waals surface area contributed by atoms with E-state index < -0.39 is 0 Å². The third-order valence-corrected chi connectivity index (χ3v) is 4.52. The minimum absolute atomic E-state index is 0.0836. The third kappa shape index (κ3) is 1.73. The van der Waals surface area contributed by atoms with Crippen LogP contribution in [0, 0.1) is 5.92 Å². The number of rotatable bonds is 3. The maximum absolute atomic E-state index is 5.66. The van der Waals surface area contributed by atoms with Crippen LogP contribution in [0.4, 0.5) is 0 Å². The van der Waals surface area contributed by atoms with Crippen molar-refractivity contribution in [3.05, 3.63) is 10.8 Å². The van der Waals surface area contributed by atoms with Crippen LogP contribution in [0.25, 0.3) is 4.96 Å². The molecule has 18 heavy (non-hydrogen) atoms. The van der Waals surface area contributed by atoms with Gasteiger partial charge in [-0.1, -0.05) is 11.3 Å². The van der Waals surface area contributed by atoms with Gasteiger partial charge in [-0.05, 0) is 31.8 Å². The van der Waals surface area contributed by atoms with Crippen LogP contribution in [-0.4, -0.2) is 39.5 Å². The Hall–Kier alpha value is -1.05. The number of hydrogen-bond donors (Lipinski definition) is 1. The zero-order valence-corrected chi connectivity index (χ0v) is 10.8. The standard InChI is InChI=1S/C11H15N5OS/c1-2-8(17-3-1)10-13-14-11-16(10)15-9(18-11)4-7-5-12-6-7/h7-8,12H,1-6H2. The van der Waals surface area contributed by atoms with E-state index in [0.717, 1.165) is 60.7 Å². The average molecular weight is 265 g/mol. The van der Waals surface area contributed by atoms with Crippen molar-refractivity contribution in [2.24, 2.45) is 5.92 Å². The second-order valence-electron chi connectivity index (χ2n) is 4.98. The van der Waals surface area contributed by atoms with Crippen LogP contribution in [0.15, 0.2) is 0 Å². The first-order chi connectivity index (χ1) is 8.90. The van der Waals surface area contributed by atoms with Gasteiger partial charge in [-0.25, -0.2) is 0 Å². The second-order valence-corrected chi connectivity index (χ2v) is 6.02. The summed E-state index contributed by atoms with van der Waals surface area (Å²) in [6, 6.07) is 0. The Morgan fingerprint density at radius 1 is 1.39 bits per heavy atom. The van der Waals surface area contributed by atoms with E-state index in [4.69, 9.17) is 4.74 Å². The Morgan fingerprint density at radius 2 is 2.33 bits per heavy atom. The molecule has 2 saturated heterocycles. The fourth-order valence-corrected chi connectivity index (χ4v) is 3.43. The molecule has 0 amide bonds. The molecule has 2 aromatic heterocycles. The smallest absolute Gasteiger partial charge is 0.234 e. The number of nitrogens with zero attached hydrogens (tertiary/aromatic N) is 4. The summed E-state index contributed by atoms with van der Waals surface area (Å²) in [6.45, 7) is 3.04. The highest BCUT2D eigenvalue weighted by Gasteiger charge is 2.26. The molecule has 0 aromatic carbocycles. The van der Waals surface area contributed by atoms with Crippen molar-refractivity contribution in [2.45, 2.75) is 25.4 Å². The molecule has 96 valence electrons. The lowest BCUT2D eigenvalue weighted by Crippen LogP contribution is -2.43. The summed E-state index contributed by atoms with van der Waals surface area (Å²) >= 11 is 1.65. The zero-order chi connectivity index (χ0) is 11.9. The molecule has 0 spiro atoms. The number of fused-ring (bicyclic) bond motifs is 1. The summed E-state index contributed by atoms with van der Waals surface area (Å²) in [5, 5.41) is 17.5. The molecule has 0 aliphatic carbocycles. The van der Waals surface area contributed by atoms with E-state index in [2.05, 4.69) is 20.6 Å². The van der Waals surface area contributed by atoms with E-state index >= 15 is 0 Å². The minimum atomic E-state index is 0.0836. The molecule has 1 atom stereocenters. The van der Waals surface area contributed by atoms with E-state index in [1.54, 1.807) is 11.3 Å². The number of ether oxygens (including phenoxy) is 1. The second kappa shape index (κ2) is 4.25. The Labute approximate surface area is 108 Å². The van der Waals surface area contributed by atoms with Crippen molar-refractivity contribution in [3.8, 4) is 0 Å². The highest BCUT2D eigenvalue weighted by Crippen LogP contribution is 2.28. The van der Waals surface area contributed by atoms with Crippen molar-refractivity contribution in [3.63, 3.8) is 0 Å². The van der Waals surface area contributed by atoms with Crippen LogP contribution >= 0.6 is 11.3 Å². The van der Waals surface area contributed by atoms with E-state index in [0.29, 0.717) is 0 Å². The predicted molar refractivity (Wildman–Crippen MR) is 66.6 cm³/mol. The molecule has 2 aliphatic rings. The van der Waals surface area contributed by atoms with Crippen molar-refractivity contribution < 1.29 is 4.74 Å². The van der Waals surface area contributed by atoms with Gasteiger partial charge < -0.3 is 10.1 Å². The lowest BCUT2D eigenvalue weighted by molar-refractivity contribution is 0.103. The average Bonchev–Trinajstić information content (AvgIpc) is 2.98. The highest BCUT2D eigenvalue weighted by molar-refractivity contribution is 7.16. The maximum atomic E-state index is 5.66. The van der Waals surface area contributed by atoms with E-state index in [-0.39, 0.29) is 6.10 Å². The summed E-state index contributed by atoms with van der Waals surface area (Å²) in [6.07, 6.45) is 3.26. The highest BCUT2D eigenvalue weighted by atomic mass is 32.1. The summed E-state index contributed by atoms with van der Waals surface area (Å²) in [5.74, 6) is 1.61. The molecular formula is C11H15N5OS. The maximum Gasteiger partial charge on any atom is 0.234 e. The largest absolute Gasteiger partial charge is 0.370 e. The third-order valence-electron chi connectivity index (χ3n) is 3.60. The van der Waals surface area contributed by atoms with Gasteiger partial charge in [0.15, 0.2) is 5.82 Å². The number of aromatic nitrogens is 4. The van der Waals surface area contributed by atoms with Crippen LogP contribution in [0.3, 0.4) is 0 Å². The molecule has 2 aromatic rings. The topological polar surface area (TPSA) is 64.3 Å². The number of hydrogen-bond acceptors (Lipinski definition) is 6. The molecule has 0 bridgehead atoms. The molecule has 0 radical (unpaired) electrons. The SMILES string of the molecule is C1COC(c2nnc3sc(CC4CNC4)nn23)C1. The Morgan fingerprint density at radius 3 is 3.06 bits per heavy atom. The predicted octanol–water partition coefficient (Wildman–Crippen LogP) is 0.799. The summed E-state index contributed by atoms with van der Waals surface area (Å²) in [5.41, 5.74) is 0. The van der Waals surface area contributed by atoms with Crippen LogP contribution in [0.1, 0.15) is 29.8 Å². The van der Waals surface area contributed by atoms with Crippen LogP contribution in [0.5, 0.6) is 0 Å². The first kappa shape index (κ1) is 10.8. The van der Waals surface area contributed by atoms with Gasteiger partial charge in [0.2, 0.25) is 4.96 Å². The van der Waals surface area contributed by atoms with Gasteiger partial charge >= 0.3 is 0 Å². The monoisotopic (exact) mass is 265 g/mol. The lowest BCUT2D eigenvalue weighted by Gasteiger charge is -2.25. The Bertz CT molecular complexity index is 555. The first-order valence-electron chi connectivity index (χ1n) is 6.43. The summed E-state index contributed by atoms with van der Waals surface area (Å²) in [4.78, 5) is 0.891. The molecule has 1 unspecified atom stereocenters. The van der Waals surface area contributed by atoms with Crippen LogP contribution in [0.2, 0.25) is 0 Å². The molecule has 1 N–H and O–H groups in total. The van der Waals surface area contributed by atoms with Gasteiger partial charge in [0.05, 0.1) is 0 Å². The minimum Gasteiger partial charge on any atom is -0.370 e. The molecule has 6 nitrogen and oxygen atoms in total. The molecule has 4 heterocycles. The number of nitrogens with one attached hydrogen (secondary N) is 1. The fraction of sp³-hybridized carbons (Fsp3) is 0.727. The van der Waals surface area contributed by atoms with Gasteiger partial charge in [-0.3, -0.25) is 0 Å². The molecule has 4 rings (SSSR count). The van der Waals surface area contributed by atoms with Gasteiger partial charge in [0.1, 0.15) is 11.1 Å². The fourth-order valence-electron chi connectivity index (χ4n) is 2.48. The van der Waals surface area contributed by atoms with Gasteiger partial charge in [-0.2, -0.15) is 9.61 Å². The van der Waals surface area contributed by atoms with Crippen molar-refractivity contribution >= 4 is 16.3 Å².